The van der Waals surface area contributed by atoms with Crippen molar-refractivity contribution >= 4 is 62.4 Å². The summed E-state index contributed by atoms with van der Waals surface area (Å²) < 4.78 is 0.930. The summed E-state index contributed by atoms with van der Waals surface area (Å²) in [6.07, 6.45) is 3.40. The van der Waals surface area contributed by atoms with E-state index in [1.165, 1.54) is 37.6 Å². The quantitative estimate of drug-likeness (QED) is 0.196. The van der Waals surface area contributed by atoms with Gasteiger partial charge >= 0.3 is 0 Å². The number of hydrogen-bond acceptors (Lipinski definition) is 4. The summed E-state index contributed by atoms with van der Waals surface area (Å²) in [7, 11) is 0. The molecule has 0 saturated carbocycles. The molecule has 4 heteroatoms. The second-order valence-corrected chi connectivity index (χ2v) is 14.1. The van der Waals surface area contributed by atoms with E-state index in [4.69, 9.17) is 0 Å². The van der Waals surface area contributed by atoms with Crippen LogP contribution in [0.15, 0.2) is 137 Å². The molecule has 0 N–H and O–H groups in total. The third-order valence-corrected chi connectivity index (χ3v) is 11.6. The second kappa shape index (κ2) is 10.5. The molecule has 2 aliphatic heterocycles. The van der Waals surface area contributed by atoms with Gasteiger partial charge in [0.1, 0.15) is 0 Å². The summed E-state index contributed by atoms with van der Waals surface area (Å²) in [5, 5.41) is 0.702. The molecule has 0 saturated heterocycles. The van der Waals surface area contributed by atoms with Crippen molar-refractivity contribution in [1.29, 1.82) is 0 Å². The molecule has 3 heterocycles. The maximum Gasteiger partial charge on any atom is 0.195 e. The van der Waals surface area contributed by atoms with Crippen LogP contribution in [0.3, 0.4) is 0 Å². The lowest BCUT2D eigenvalue weighted by molar-refractivity contribution is 0.687. The van der Waals surface area contributed by atoms with Gasteiger partial charge < -0.3 is 4.90 Å². The molecule has 45 heavy (non-hydrogen) atoms. The maximum atomic E-state index is 13.4. The molecule has 0 fully saturated rings. The Balaban J connectivity index is 1.47. The number of anilines is 3. The lowest BCUT2D eigenvalue weighted by Crippen LogP contribution is -2.39. The first kappa shape index (κ1) is 27.9. The van der Waals surface area contributed by atoms with Crippen LogP contribution >= 0.6 is 23.1 Å². The fraction of sp³-hybridized carbons (Fsp3) is 0.0976. The Morgan fingerprint density at radius 1 is 0.711 bits per heavy atom. The van der Waals surface area contributed by atoms with Gasteiger partial charge in [-0.15, -0.1) is 11.3 Å². The van der Waals surface area contributed by atoms with Crippen LogP contribution in [0, 0.1) is 0 Å². The van der Waals surface area contributed by atoms with Gasteiger partial charge in [0.2, 0.25) is 0 Å². The van der Waals surface area contributed by atoms with Crippen molar-refractivity contribution in [3.05, 3.63) is 171 Å². The Kier molecular flexibility index (Phi) is 6.49. The van der Waals surface area contributed by atoms with Gasteiger partial charge in [0.15, 0.2) is 5.43 Å². The van der Waals surface area contributed by atoms with E-state index in [9.17, 15) is 4.79 Å². The predicted molar refractivity (Wildman–Crippen MR) is 193 cm³/mol. The molecule has 0 aliphatic carbocycles. The average molecular weight is 618 g/mol. The molecule has 5 aromatic carbocycles. The minimum Gasteiger partial charge on any atom is -0.310 e. The van der Waals surface area contributed by atoms with Gasteiger partial charge in [-0.05, 0) is 76.2 Å². The fourth-order valence-corrected chi connectivity index (χ4v) is 9.45. The highest BCUT2D eigenvalue weighted by Crippen LogP contribution is 2.63. The fourth-order valence-electron chi connectivity index (χ4n) is 7.22. The molecular weight excluding hydrogens is 587 g/mol. The summed E-state index contributed by atoms with van der Waals surface area (Å²) in [4.78, 5) is 19.2. The zero-order chi connectivity index (χ0) is 30.9. The van der Waals surface area contributed by atoms with Crippen LogP contribution in [0.4, 0.5) is 17.1 Å². The summed E-state index contributed by atoms with van der Waals surface area (Å²) in [6.45, 7) is 12.4. The van der Waals surface area contributed by atoms with Gasteiger partial charge in [0, 0.05) is 36.0 Å². The summed E-state index contributed by atoms with van der Waals surface area (Å²) in [5.74, 6) is 0.409. The number of benzene rings is 5. The number of para-hydroxylation sites is 2. The third kappa shape index (κ3) is 3.92. The standard InChI is InChI=1S/C41H31NOS2/c1-5-28-36(6-2)44-39-24-27(20-21-29(39)40(28)43)42-34-16-10-7-13-30(34)41(31-14-8-11-17-35(31)42)32-15-9-12-18-37(32)45-38-22-19-26(25(3)4)23-33(38)41/h5-25H,1-2H2,3-4H3. The molecule has 218 valence electrons. The Labute approximate surface area is 272 Å². The van der Waals surface area contributed by atoms with Gasteiger partial charge in [0.25, 0.3) is 0 Å². The van der Waals surface area contributed by atoms with E-state index < -0.39 is 5.41 Å². The van der Waals surface area contributed by atoms with Crippen molar-refractivity contribution in [2.75, 3.05) is 4.90 Å². The van der Waals surface area contributed by atoms with E-state index in [0.717, 1.165) is 26.6 Å². The van der Waals surface area contributed by atoms with Crippen molar-refractivity contribution in [1.82, 2.24) is 0 Å². The molecule has 2 aliphatic rings. The van der Waals surface area contributed by atoms with E-state index in [2.05, 4.69) is 135 Å². The van der Waals surface area contributed by atoms with E-state index in [1.54, 1.807) is 23.5 Å². The third-order valence-electron chi connectivity index (χ3n) is 9.27. The van der Waals surface area contributed by atoms with E-state index in [1.807, 2.05) is 17.8 Å². The zero-order valence-electron chi connectivity index (χ0n) is 25.2. The molecule has 2 nitrogen and oxygen atoms in total. The monoisotopic (exact) mass is 617 g/mol. The van der Waals surface area contributed by atoms with Crippen LogP contribution in [0.5, 0.6) is 0 Å². The van der Waals surface area contributed by atoms with Crippen LogP contribution < -0.4 is 10.3 Å². The lowest BCUT2D eigenvalue weighted by atomic mass is 9.62. The molecule has 8 rings (SSSR count). The SMILES string of the molecule is C=Cc1sc2cc(N3c4ccccc4C4(c5ccccc5Sc5ccc(C(C)C)cc54)c4ccccc43)ccc2c(=O)c1C=C. The number of rotatable bonds is 4. The van der Waals surface area contributed by atoms with Gasteiger partial charge in [0.05, 0.1) is 16.8 Å². The molecule has 0 atom stereocenters. The Morgan fingerprint density at radius 2 is 1.36 bits per heavy atom. The minimum absolute atomic E-state index is 0.00697. The van der Waals surface area contributed by atoms with E-state index >= 15 is 0 Å². The molecule has 1 spiro atoms. The minimum atomic E-state index is -0.498. The maximum absolute atomic E-state index is 13.4. The molecular formula is C41H31NOS2. The van der Waals surface area contributed by atoms with Crippen LogP contribution in [0.1, 0.15) is 58.0 Å². The van der Waals surface area contributed by atoms with Crippen LogP contribution in [0.2, 0.25) is 0 Å². The predicted octanol–water partition coefficient (Wildman–Crippen LogP) is 11.3. The summed E-state index contributed by atoms with van der Waals surface area (Å²) >= 11 is 3.45. The molecule has 1 aromatic heterocycles. The van der Waals surface area contributed by atoms with Crippen molar-refractivity contribution in [3.8, 4) is 0 Å². The van der Waals surface area contributed by atoms with Gasteiger partial charge in [-0.3, -0.25) is 4.79 Å². The Bertz CT molecular complexity index is 2210. The molecule has 6 aromatic rings. The smallest absolute Gasteiger partial charge is 0.195 e. The normalized spacial score (nSPS) is 14.1. The largest absolute Gasteiger partial charge is 0.310 e. The van der Waals surface area contributed by atoms with Crippen molar-refractivity contribution < 1.29 is 0 Å². The van der Waals surface area contributed by atoms with Crippen molar-refractivity contribution in [2.24, 2.45) is 0 Å². The molecule has 0 amide bonds. The first-order valence-corrected chi connectivity index (χ1v) is 16.9. The zero-order valence-corrected chi connectivity index (χ0v) is 26.8. The van der Waals surface area contributed by atoms with Crippen molar-refractivity contribution in [2.45, 2.75) is 35.0 Å². The summed E-state index contributed by atoms with van der Waals surface area (Å²) in [6, 6.07) is 39.9. The molecule has 0 unspecified atom stereocenters. The Morgan fingerprint density at radius 3 is 2.02 bits per heavy atom. The highest BCUT2D eigenvalue weighted by molar-refractivity contribution is 7.99. The van der Waals surface area contributed by atoms with Crippen LogP contribution in [-0.4, -0.2) is 0 Å². The molecule has 0 bridgehead atoms. The molecule has 0 radical (unpaired) electrons. The number of hydrogen-bond donors (Lipinski definition) is 0. The van der Waals surface area contributed by atoms with Crippen LogP contribution in [-0.2, 0) is 5.41 Å². The summed E-state index contributed by atoms with van der Waals surface area (Å²) in [5.41, 5.74) is 9.88. The van der Waals surface area contributed by atoms with Crippen LogP contribution in [0.25, 0.3) is 22.2 Å². The lowest BCUT2D eigenvalue weighted by Gasteiger charge is -2.49. The Hall–Kier alpha value is -4.64. The van der Waals surface area contributed by atoms with Gasteiger partial charge in [-0.25, -0.2) is 0 Å². The van der Waals surface area contributed by atoms with E-state index in [0.29, 0.717) is 16.9 Å². The van der Waals surface area contributed by atoms with Crippen molar-refractivity contribution in [3.63, 3.8) is 0 Å². The average Bonchev–Trinajstić information content (AvgIpc) is 3.07. The second-order valence-electron chi connectivity index (χ2n) is 11.9. The number of fused-ring (bicyclic) bond motifs is 9. The van der Waals surface area contributed by atoms with E-state index in [-0.39, 0.29) is 5.43 Å². The van der Waals surface area contributed by atoms with Gasteiger partial charge in [-0.2, -0.15) is 0 Å². The highest BCUT2D eigenvalue weighted by atomic mass is 32.2. The topological polar surface area (TPSA) is 20.3 Å². The number of nitrogens with zero attached hydrogens (tertiary/aromatic N) is 1. The first-order chi connectivity index (χ1) is 22.0. The highest BCUT2D eigenvalue weighted by Gasteiger charge is 2.50. The van der Waals surface area contributed by atoms with Gasteiger partial charge in [-0.1, -0.05) is 118 Å². The first-order valence-electron chi connectivity index (χ1n) is 15.2.